The number of piperidine rings is 1. The standard InChI is InChI=1S/C21H35N3O/c1-4-12-23(13-5-2)20-10-8-18(15-19(20)22)9-11-21(25)24-14-6-7-17(3)16-24/h8,10,15,17H,4-7,9,11-14,16,22H2,1-3H3. The molecule has 25 heavy (non-hydrogen) atoms. The van der Waals surface area contributed by atoms with Crippen molar-refractivity contribution < 1.29 is 4.79 Å². The molecule has 1 heterocycles. The van der Waals surface area contributed by atoms with E-state index < -0.39 is 0 Å². The van der Waals surface area contributed by atoms with E-state index in [0.29, 0.717) is 12.3 Å². The minimum atomic E-state index is 0.285. The molecule has 140 valence electrons. The molecular weight excluding hydrogens is 310 g/mol. The number of rotatable bonds is 8. The quantitative estimate of drug-likeness (QED) is 0.722. The van der Waals surface area contributed by atoms with Crippen molar-refractivity contribution in [2.24, 2.45) is 5.92 Å². The molecule has 0 saturated carbocycles. The maximum absolute atomic E-state index is 12.4. The zero-order valence-corrected chi connectivity index (χ0v) is 16.3. The molecule has 0 bridgehead atoms. The SMILES string of the molecule is CCCN(CCC)c1ccc(CCC(=O)N2CCCC(C)C2)cc1N. The molecule has 1 aliphatic rings. The smallest absolute Gasteiger partial charge is 0.222 e. The van der Waals surface area contributed by atoms with Gasteiger partial charge in [-0.1, -0.05) is 26.8 Å². The van der Waals surface area contributed by atoms with Crippen LogP contribution in [0.2, 0.25) is 0 Å². The molecule has 1 aromatic carbocycles. The Labute approximate surface area is 153 Å². The van der Waals surface area contributed by atoms with Crippen molar-refractivity contribution in [2.45, 2.75) is 59.3 Å². The Bertz CT molecular complexity index is 552. The lowest BCUT2D eigenvalue weighted by atomic mass is 9.99. The lowest BCUT2D eigenvalue weighted by molar-refractivity contribution is -0.132. The Kier molecular flexibility index (Phi) is 7.60. The van der Waals surface area contributed by atoms with Crippen LogP contribution in [0.25, 0.3) is 0 Å². The lowest BCUT2D eigenvalue weighted by Crippen LogP contribution is -2.39. The average Bonchev–Trinajstić information content (AvgIpc) is 2.59. The highest BCUT2D eigenvalue weighted by Gasteiger charge is 2.20. The number of anilines is 2. The molecule has 2 N–H and O–H groups in total. The molecule has 0 radical (unpaired) electrons. The van der Waals surface area contributed by atoms with Crippen molar-refractivity contribution in [3.8, 4) is 0 Å². The highest BCUT2D eigenvalue weighted by molar-refractivity contribution is 5.77. The van der Waals surface area contributed by atoms with E-state index in [0.717, 1.165) is 68.8 Å². The predicted molar refractivity (Wildman–Crippen MR) is 107 cm³/mol. The molecule has 1 aliphatic heterocycles. The number of aryl methyl sites for hydroxylation is 1. The fraction of sp³-hybridized carbons (Fsp3) is 0.667. The van der Waals surface area contributed by atoms with Gasteiger partial charge in [-0.15, -0.1) is 0 Å². The molecular formula is C21H35N3O. The second kappa shape index (κ2) is 9.69. The normalized spacial score (nSPS) is 17.6. The van der Waals surface area contributed by atoms with Gasteiger partial charge in [0.05, 0.1) is 11.4 Å². The number of nitrogen functional groups attached to an aromatic ring is 1. The van der Waals surface area contributed by atoms with Crippen molar-refractivity contribution in [3.05, 3.63) is 23.8 Å². The minimum Gasteiger partial charge on any atom is -0.397 e. The zero-order chi connectivity index (χ0) is 18.2. The molecule has 1 fully saturated rings. The van der Waals surface area contributed by atoms with E-state index in [1.54, 1.807) is 0 Å². The summed E-state index contributed by atoms with van der Waals surface area (Å²) < 4.78 is 0. The first-order chi connectivity index (χ1) is 12.0. The molecule has 0 spiro atoms. The predicted octanol–water partition coefficient (Wildman–Crippen LogP) is 4.09. The first kappa shape index (κ1) is 19.6. The summed E-state index contributed by atoms with van der Waals surface area (Å²) in [4.78, 5) is 16.8. The van der Waals surface area contributed by atoms with Crippen molar-refractivity contribution in [3.63, 3.8) is 0 Å². The van der Waals surface area contributed by atoms with Crippen molar-refractivity contribution in [2.75, 3.05) is 36.8 Å². The van der Waals surface area contributed by atoms with Crippen molar-refractivity contribution in [1.82, 2.24) is 4.90 Å². The maximum atomic E-state index is 12.4. The van der Waals surface area contributed by atoms with E-state index in [-0.39, 0.29) is 5.91 Å². The van der Waals surface area contributed by atoms with Gasteiger partial charge in [-0.2, -0.15) is 0 Å². The van der Waals surface area contributed by atoms with Gasteiger partial charge in [0.25, 0.3) is 0 Å². The van der Waals surface area contributed by atoms with E-state index in [4.69, 9.17) is 5.73 Å². The molecule has 1 atom stereocenters. The van der Waals surface area contributed by atoms with Crippen LogP contribution in [0.15, 0.2) is 18.2 Å². The summed E-state index contributed by atoms with van der Waals surface area (Å²) in [5, 5.41) is 0. The minimum absolute atomic E-state index is 0.285. The van der Waals surface area contributed by atoms with Crippen LogP contribution in [0.3, 0.4) is 0 Å². The van der Waals surface area contributed by atoms with Gasteiger partial charge < -0.3 is 15.5 Å². The Morgan fingerprint density at radius 2 is 2.00 bits per heavy atom. The lowest BCUT2D eigenvalue weighted by Gasteiger charge is -2.31. The first-order valence-electron chi connectivity index (χ1n) is 9.96. The topological polar surface area (TPSA) is 49.6 Å². The van der Waals surface area contributed by atoms with E-state index in [1.807, 2.05) is 4.90 Å². The zero-order valence-electron chi connectivity index (χ0n) is 16.3. The third-order valence-electron chi connectivity index (χ3n) is 5.06. The van der Waals surface area contributed by atoms with Crippen LogP contribution < -0.4 is 10.6 Å². The van der Waals surface area contributed by atoms with Crippen LogP contribution in [0.1, 0.15) is 58.4 Å². The fourth-order valence-corrected chi connectivity index (χ4v) is 3.77. The van der Waals surface area contributed by atoms with Crippen LogP contribution in [-0.4, -0.2) is 37.0 Å². The number of hydrogen-bond donors (Lipinski definition) is 1. The third-order valence-corrected chi connectivity index (χ3v) is 5.06. The molecule has 1 unspecified atom stereocenters. The third kappa shape index (κ3) is 5.65. The van der Waals surface area contributed by atoms with Crippen molar-refractivity contribution in [1.29, 1.82) is 0 Å². The summed E-state index contributed by atoms with van der Waals surface area (Å²) in [7, 11) is 0. The number of likely N-dealkylation sites (tertiary alicyclic amines) is 1. The van der Waals surface area contributed by atoms with Crippen LogP contribution in [0.4, 0.5) is 11.4 Å². The van der Waals surface area contributed by atoms with E-state index in [2.05, 4.69) is 43.9 Å². The maximum Gasteiger partial charge on any atom is 0.222 e. The van der Waals surface area contributed by atoms with E-state index >= 15 is 0 Å². The number of nitrogens with zero attached hydrogens (tertiary/aromatic N) is 2. The Morgan fingerprint density at radius 3 is 2.60 bits per heavy atom. The van der Waals surface area contributed by atoms with Gasteiger partial charge in [-0.05, 0) is 55.7 Å². The molecule has 0 aliphatic carbocycles. The largest absolute Gasteiger partial charge is 0.397 e. The summed E-state index contributed by atoms with van der Waals surface area (Å²) in [6, 6.07) is 6.32. The second-order valence-electron chi connectivity index (χ2n) is 7.47. The molecule has 1 saturated heterocycles. The Morgan fingerprint density at radius 1 is 1.28 bits per heavy atom. The van der Waals surface area contributed by atoms with Gasteiger partial charge in [0.2, 0.25) is 5.91 Å². The average molecular weight is 346 g/mol. The summed E-state index contributed by atoms with van der Waals surface area (Å²) in [6.07, 6.45) is 5.97. The van der Waals surface area contributed by atoms with Gasteiger partial charge in [0.1, 0.15) is 0 Å². The number of amides is 1. The van der Waals surface area contributed by atoms with Gasteiger partial charge >= 0.3 is 0 Å². The van der Waals surface area contributed by atoms with Gasteiger partial charge in [0.15, 0.2) is 0 Å². The van der Waals surface area contributed by atoms with Gasteiger partial charge in [0, 0.05) is 32.6 Å². The number of nitrogens with two attached hydrogens (primary N) is 1. The molecule has 2 rings (SSSR count). The van der Waals surface area contributed by atoms with Crippen LogP contribution in [-0.2, 0) is 11.2 Å². The number of benzene rings is 1. The molecule has 4 heteroatoms. The molecule has 1 amide bonds. The Hall–Kier alpha value is -1.71. The number of carbonyl (C=O) groups is 1. The first-order valence-corrected chi connectivity index (χ1v) is 9.96. The van der Waals surface area contributed by atoms with Crippen LogP contribution >= 0.6 is 0 Å². The summed E-state index contributed by atoms with van der Waals surface area (Å²) in [5.74, 6) is 0.920. The van der Waals surface area contributed by atoms with Crippen LogP contribution in [0, 0.1) is 5.92 Å². The van der Waals surface area contributed by atoms with E-state index in [1.165, 1.54) is 6.42 Å². The highest BCUT2D eigenvalue weighted by Crippen LogP contribution is 2.26. The second-order valence-corrected chi connectivity index (χ2v) is 7.47. The highest BCUT2D eigenvalue weighted by atomic mass is 16.2. The number of hydrogen-bond acceptors (Lipinski definition) is 3. The molecule has 1 aromatic rings. The van der Waals surface area contributed by atoms with Crippen molar-refractivity contribution >= 4 is 17.3 Å². The monoisotopic (exact) mass is 345 g/mol. The summed E-state index contributed by atoms with van der Waals surface area (Å²) >= 11 is 0. The summed E-state index contributed by atoms with van der Waals surface area (Å²) in [5.41, 5.74) is 9.43. The number of carbonyl (C=O) groups excluding carboxylic acids is 1. The van der Waals surface area contributed by atoms with Gasteiger partial charge in [-0.25, -0.2) is 0 Å². The Balaban J connectivity index is 1.94. The summed E-state index contributed by atoms with van der Waals surface area (Å²) in [6.45, 7) is 10.5. The molecule has 4 nitrogen and oxygen atoms in total. The van der Waals surface area contributed by atoms with E-state index in [9.17, 15) is 4.79 Å². The van der Waals surface area contributed by atoms with Gasteiger partial charge in [-0.3, -0.25) is 4.79 Å². The molecule has 0 aromatic heterocycles. The van der Waals surface area contributed by atoms with Crippen LogP contribution in [0.5, 0.6) is 0 Å². The fourth-order valence-electron chi connectivity index (χ4n) is 3.77.